The van der Waals surface area contributed by atoms with Crippen molar-refractivity contribution in [3.63, 3.8) is 0 Å². The zero-order valence-corrected chi connectivity index (χ0v) is 17.7. The molecule has 2 atom stereocenters. The maximum atomic E-state index is 12.4. The van der Waals surface area contributed by atoms with E-state index in [1.807, 2.05) is 11.0 Å². The molecule has 30 heavy (non-hydrogen) atoms. The third kappa shape index (κ3) is 2.85. The van der Waals surface area contributed by atoms with E-state index in [9.17, 15) is 4.79 Å². The van der Waals surface area contributed by atoms with Gasteiger partial charge in [0.1, 0.15) is 5.75 Å². The second-order valence-electron chi connectivity index (χ2n) is 8.84. The van der Waals surface area contributed by atoms with Gasteiger partial charge in [-0.1, -0.05) is 30.3 Å². The van der Waals surface area contributed by atoms with Crippen molar-refractivity contribution in [1.82, 2.24) is 9.88 Å². The number of nitrogens with one attached hydrogen (secondary N) is 1. The summed E-state index contributed by atoms with van der Waals surface area (Å²) in [6.45, 7) is 7.37. The second-order valence-corrected chi connectivity index (χ2v) is 8.84. The largest absolute Gasteiger partial charge is 0.497 e. The van der Waals surface area contributed by atoms with Crippen LogP contribution < -0.4 is 4.74 Å². The third-order valence-corrected chi connectivity index (χ3v) is 7.27. The van der Waals surface area contributed by atoms with E-state index in [2.05, 4.69) is 54.9 Å². The van der Waals surface area contributed by atoms with Gasteiger partial charge in [-0.05, 0) is 73.6 Å². The summed E-state index contributed by atoms with van der Waals surface area (Å²) in [5, 5.41) is 1.33. The molecule has 0 radical (unpaired) electrons. The predicted molar refractivity (Wildman–Crippen MR) is 120 cm³/mol. The topological polar surface area (TPSA) is 45.3 Å². The maximum Gasteiger partial charge on any atom is 0.245 e. The number of fused-ring (bicyclic) bond motifs is 4. The van der Waals surface area contributed by atoms with Crippen molar-refractivity contribution < 1.29 is 9.53 Å². The number of carbonyl (C=O) groups is 1. The summed E-state index contributed by atoms with van der Waals surface area (Å²) >= 11 is 0. The van der Waals surface area contributed by atoms with Crippen LogP contribution in [0, 0.1) is 12.8 Å². The number of hydrogen-bond acceptors (Lipinski definition) is 2. The summed E-state index contributed by atoms with van der Waals surface area (Å²) in [5.41, 5.74) is 6.57. The van der Waals surface area contributed by atoms with Gasteiger partial charge in [-0.2, -0.15) is 0 Å². The van der Waals surface area contributed by atoms with Gasteiger partial charge in [0.15, 0.2) is 0 Å². The Labute approximate surface area is 177 Å². The van der Waals surface area contributed by atoms with Crippen LogP contribution in [0.2, 0.25) is 0 Å². The molecule has 3 aromatic rings. The van der Waals surface area contributed by atoms with Gasteiger partial charge in [0, 0.05) is 35.1 Å². The molecule has 1 aliphatic heterocycles. The quantitative estimate of drug-likeness (QED) is 0.655. The van der Waals surface area contributed by atoms with Crippen LogP contribution in [-0.2, 0) is 23.1 Å². The molecule has 1 aliphatic carbocycles. The molecular weight excluding hydrogens is 372 g/mol. The molecule has 154 valence electrons. The first-order valence-electron chi connectivity index (χ1n) is 10.7. The predicted octanol–water partition coefficient (Wildman–Crippen LogP) is 4.56. The minimum absolute atomic E-state index is 0.00455. The Kier molecular flexibility index (Phi) is 4.46. The number of aromatic nitrogens is 1. The van der Waals surface area contributed by atoms with Crippen molar-refractivity contribution in [2.45, 2.75) is 31.6 Å². The number of ether oxygens (including phenoxy) is 1. The number of hydrogen-bond donors (Lipinski definition) is 1. The molecule has 1 saturated heterocycles. The van der Waals surface area contributed by atoms with Crippen molar-refractivity contribution in [3.8, 4) is 5.75 Å². The number of H-pyrrole nitrogens is 1. The third-order valence-electron chi connectivity index (χ3n) is 7.27. The number of aryl methyl sites for hydroxylation is 1. The molecular formula is C26H28N2O2. The molecule has 2 heterocycles. The Morgan fingerprint density at radius 3 is 2.97 bits per heavy atom. The number of rotatable bonds is 3. The van der Waals surface area contributed by atoms with Crippen LogP contribution in [0.15, 0.2) is 55.1 Å². The zero-order valence-electron chi connectivity index (χ0n) is 17.7. The van der Waals surface area contributed by atoms with Crippen LogP contribution in [0.3, 0.4) is 0 Å². The SMILES string of the molecule is C=CC(=O)N1CC[C@]2(c3cccc(OC)c3)Cc3[nH]c4ccc(C)cc4c3CC2C1. The minimum Gasteiger partial charge on any atom is -0.497 e. The number of methoxy groups -OCH3 is 1. The van der Waals surface area contributed by atoms with E-state index in [1.54, 1.807) is 7.11 Å². The summed E-state index contributed by atoms with van der Waals surface area (Å²) in [4.78, 5) is 18.1. The lowest BCUT2D eigenvalue weighted by Crippen LogP contribution is -2.54. The summed E-state index contributed by atoms with van der Waals surface area (Å²) in [6.07, 6.45) is 4.32. The molecule has 0 bridgehead atoms. The highest BCUT2D eigenvalue weighted by Gasteiger charge is 2.48. The molecule has 5 rings (SSSR count). The van der Waals surface area contributed by atoms with Gasteiger partial charge >= 0.3 is 0 Å². The van der Waals surface area contributed by atoms with E-state index >= 15 is 0 Å². The Morgan fingerprint density at radius 2 is 2.17 bits per heavy atom. The zero-order chi connectivity index (χ0) is 20.9. The van der Waals surface area contributed by atoms with Crippen molar-refractivity contribution in [1.29, 1.82) is 0 Å². The molecule has 2 aromatic carbocycles. The number of piperidine rings is 1. The first kappa shape index (κ1) is 19.0. The molecule has 1 unspecified atom stereocenters. The number of carbonyl (C=O) groups excluding carboxylic acids is 1. The number of aromatic amines is 1. The summed E-state index contributed by atoms with van der Waals surface area (Å²) in [6, 6.07) is 15.2. The first-order chi connectivity index (χ1) is 14.5. The number of amides is 1. The van der Waals surface area contributed by atoms with Crippen molar-refractivity contribution in [2.75, 3.05) is 20.2 Å². The van der Waals surface area contributed by atoms with Gasteiger partial charge in [0.25, 0.3) is 0 Å². The first-order valence-corrected chi connectivity index (χ1v) is 10.7. The fourth-order valence-electron chi connectivity index (χ4n) is 5.67. The molecule has 4 nitrogen and oxygen atoms in total. The van der Waals surface area contributed by atoms with Crippen LogP contribution in [0.1, 0.15) is 28.8 Å². The summed E-state index contributed by atoms with van der Waals surface area (Å²) < 4.78 is 5.54. The van der Waals surface area contributed by atoms with Crippen molar-refractivity contribution in [3.05, 3.63) is 77.5 Å². The van der Waals surface area contributed by atoms with E-state index in [1.165, 1.54) is 39.4 Å². The van der Waals surface area contributed by atoms with Crippen LogP contribution in [0.25, 0.3) is 10.9 Å². The monoisotopic (exact) mass is 400 g/mol. The normalized spacial score (nSPS) is 23.0. The fraction of sp³-hybridized carbons (Fsp3) is 0.346. The molecule has 0 saturated carbocycles. The summed E-state index contributed by atoms with van der Waals surface area (Å²) in [5.74, 6) is 1.28. The van der Waals surface area contributed by atoms with Crippen LogP contribution >= 0.6 is 0 Å². The minimum atomic E-state index is -0.00455. The molecule has 4 heteroatoms. The van der Waals surface area contributed by atoms with Crippen LogP contribution in [0.4, 0.5) is 0 Å². The molecule has 0 spiro atoms. The molecule has 1 amide bonds. The number of benzene rings is 2. The van der Waals surface area contributed by atoms with Gasteiger partial charge in [0.2, 0.25) is 5.91 Å². The van der Waals surface area contributed by atoms with Gasteiger partial charge < -0.3 is 14.6 Å². The fourth-order valence-corrected chi connectivity index (χ4v) is 5.67. The summed E-state index contributed by atoms with van der Waals surface area (Å²) in [7, 11) is 1.72. The smallest absolute Gasteiger partial charge is 0.245 e. The van der Waals surface area contributed by atoms with E-state index < -0.39 is 0 Å². The molecule has 1 aromatic heterocycles. The van der Waals surface area contributed by atoms with Gasteiger partial charge in [0.05, 0.1) is 7.11 Å². The lowest BCUT2D eigenvalue weighted by Gasteiger charge is -2.51. The lowest BCUT2D eigenvalue weighted by atomic mass is 9.58. The van der Waals surface area contributed by atoms with Gasteiger partial charge in [-0.3, -0.25) is 4.79 Å². The maximum absolute atomic E-state index is 12.4. The van der Waals surface area contributed by atoms with E-state index in [-0.39, 0.29) is 11.3 Å². The van der Waals surface area contributed by atoms with E-state index in [0.717, 1.165) is 38.1 Å². The van der Waals surface area contributed by atoms with Crippen LogP contribution in [0.5, 0.6) is 5.75 Å². The lowest BCUT2D eigenvalue weighted by molar-refractivity contribution is -0.129. The van der Waals surface area contributed by atoms with Crippen LogP contribution in [-0.4, -0.2) is 36.0 Å². The molecule has 1 N–H and O–H groups in total. The number of nitrogens with zero attached hydrogens (tertiary/aromatic N) is 1. The molecule has 2 aliphatic rings. The Balaban J connectivity index is 1.64. The van der Waals surface area contributed by atoms with Crippen molar-refractivity contribution in [2.24, 2.45) is 5.92 Å². The standard InChI is InChI=1S/C26H28N2O2/c1-4-25(29)28-11-10-26(18-6-5-7-20(13-18)30-3)15-24-22(14-19(26)16-28)21-12-17(2)8-9-23(21)27-24/h4-9,12-13,19,27H,1,10-11,14-16H2,2-3H3/t19?,26-/m1/s1. The Morgan fingerprint density at radius 1 is 1.30 bits per heavy atom. The van der Waals surface area contributed by atoms with Gasteiger partial charge in [-0.15, -0.1) is 0 Å². The van der Waals surface area contributed by atoms with Crippen molar-refractivity contribution >= 4 is 16.8 Å². The highest BCUT2D eigenvalue weighted by Crippen LogP contribution is 2.49. The number of likely N-dealkylation sites (tertiary alicyclic amines) is 1. The second kappa shape index (κ2) is 7.05. The Hall–Kier alpha value is -3.01. The Bertz CT molecular complexity index is 1150. The van der Waals surface area contributed by atoms with E-state index in [0.29, 0.717) is 5.92 Å². The highest BCUT2D eigenvalue weighted by atomic mass is 16.5. The average molecular weight is 401 g/mol. The van der Waals surface area contributed by atoms with E-state index in [4.69, 9.17) is 4.74 Å². The average Bonchev–Trinajstić information content (AvgIpc) is 3.12. The molecule has 1 fully saturated rings. The highest BCUT2D eigenvalue weighted by molar-refractivity contribution is 5.87. The van der Waals surface area contributed by atoms with Gasteiger partial charge in [-0.25, -0.2) is 0 Å².